The molecule has 2 aromatic rings. The van der Waals surface area contributed by atoms with Crippen molar-refractivity contribution in [2.75, 3.05) is 0 Å². The fourth-order valence-electron chi connectivity index (χ4n) is 2.74. The van der Waals surface area contributed by atoms with Gasteiger partial charge in [-0.2, -0.15) is 0 Å². The van der Waals surface area contributed by atoms with E-state index in [9.17, 15) is 4.39 Å². The Morgan fingerprint density at radius 3 is 2.63 bits per heavy atom. The average molecular weight is 319 g/mol. The molecule has 2 aromatic carbocycles. The number of benzene rings is 2. The molecular formula is C17H16BrF. The largest absolute Gasteiger partial charge is 0.207 e. The molecule has 0 N–H and O–H groups in total. The van der Waals surface area contributed by atoms with Crippen molar-refractivity contribution in [1.82, 2.24) is 0 Å². The molecule has 3 atom stereocenters. The fourth-order valence-corrected chi connectivity index (χ4v) is 3.70. The van der Waals surface area contributed by atoms with E-state index in [1.165, 1.54) is 18.1 Å². The fraction of sp³-hybridized carbons (Fsp3) is 0.294. The topological polar surface area (TPSA) is 0 Å². The van der Waals surface area contributed by atoms with Gasteiger partial charge in [-0.15, -0.1) is 0 Å². The molecule has 0 aliphatic heterocycles. The number of hydrogen-bond acceptors (Lipinski definition) is 0. The third-order valence-corrected chi connectivity index (χ3v) is 4.85. The minimum atomic E-state index is -0.146. The second kappa shape index (κ2) is 5.46. The highest BCUT2D eigenvalue weighted by Crippen LogP contribution is 2.52. The summed E-state index contributed by atoms with van der Waals surface area (Å²) in [5.41, 5.74) is 2.50. The van der Waals surface area contributed by atoms with Gasteiger partial charge in [0.05, 0.1) is 0 Å². The van der Waals surface area contributed by atoms with E-state index in [0.717, 1.165) is 12.0 Å². The third-order valence-electron chi connectivity index (χ3n) is 3.85. The molecule has 3 rings (SSSR count). The second-order valence-electron chi connectivity index (χ2n) is 5.27. The van der Waals surface area contributed by atoms with Gasteiger partial charge in [0, 0.05) is 4.83 Å². The van der Waals surface area contributed by atoms with Crippen molar-refractivity contribution in [2.45, 2.75) is 23.6 Å². The molecule has 1 fully saturated rings. The van der Waals surface area contributed by atoms with Crippen LogP contribution >= 0.6 is 15.9 Å². The maximum atomic E-state index is 13.2. The van der Waals surface area contributed by atoms with E-state index in [0.29, 0.717) is 16.7 Å². The van der Waals surface area contributed by atoms with Crippen LogP contribution in [0.2, 0.25) is 0 Å². The Bertz CT molecular complexity index is 552. The zero-order chi connectivity index (χ0) is 13.2. The van der Waals surface area contributed by atoms with Gasteiger partial charge in [0.15, 0.2) is 0 Å². The van der Waals surface area contributed by atoms with Crippen LogP contribution in [0, 0.1) is 11.7 Å². The van der Waals surface area contributed by atoms with Crippen molar-refractivity contribution in [3.63, 3.8) is 0 Å². The van der Waals surface area contributed by atoms with Crippen molar-refractivity contribution in [1.29, 1.82) is 0 Å². The Morgan fingerprint density at radius 1 is 1.11 bits per heavy atom. The van der Waals surface area contributed by atoms with E-state index in [-0.39, 0.29) is 5.82 Å². The Kier molecular flexibility index (Phi) is 3.69. The van der Waals surface area contributed by atoms with Crippen LogP contribution in [-0.4, -0.2) is 4.83 Å². The predicted molar refractivity (Wildman–Crippen MR) is 80.1 cm³/mol. The normalized spacial score (nSPS) is 23.1. The Balaban J connectivity index is 1.63. The zero-order valence-corrected chi connectivity index (χ0v) is 12.2. The lowest BCUT2D eigenvalue weighted by atomic mass is 10.0. The lowest BCUT2D eigenvalue weighted by Gasteiger charge is -2.10. The van der Waals surface area contributed by atoms with Crippen LogP contribution < -0.4 is 0 Å². The molecule has 0 heterocycles. The molecule has 19 heavy (non-hydrogen) atoms. The molecule has 0 radical (unpaired) electrons. The Hall–Kier alpha value is -1.15. The van der Waals surface area contributed by atoms with Crippen LogP contribution in [0.1, 0.15) is 23.5 Å². The molecule has 0 amide bonds. The number of rotatable bonds is 4. The van der Waals surface area contributed by atoms with E-state index >= 15 is 0 Å². The van der Waals surface area contributed by atoms with Crippen LogP contribution in [0.5, 0.6) is 0 Å². The minimum absolute atomic E-state index is 0.146. The monoisotopic (exact) mass is 318 g/mol. The second-order valence-corrected chi connectivity index (χ2v) is 6.44. The molecule has 98 valence electrons. The van der Waals surface area contributed by atoms with Crippen molar-refractivity contribution < 1.29 is 4.39 Å². The first kappa shape index (κ1) is 12.9. The summed E-state index contributed by atoms with van der Waals surface area (Å²) in [6, 6.07) is 17.6. The molecule has 0 bridgehead atoms. The summed E-state index contributed by atoms with van der Waals surface area (Å²) in [5, 5.41) is 0. The SMILES string of the molecule is Fc1cccc(CC(Br)C2CC2c2ccccc2)c1. The van der Waals surface area contributed by atoms with Crippen LogP contribution in [0.4, 0.5) is 4.39 Å². The molecule has 0 saturated heterocycles. The van der Waals surface area contributed by atoms with Gasteiger partial charge in [0.1, 0.15) is 5.82 Å². The molecule has 0 spiro atoms. The molecular weight excluding hydrogens is 303 g/mol. The first-order chi connectivity index (χ1) is 9.24. The molecule has 1 aliphatic carbocycles. The summed E-state index contributed by atoms with van der Waals surface area (Å²) in [7, 11) is 0. The number of alkyl halides is 1. The maximum Gasteiger partial charge on any atom is 0.123 e. The summed E-state index contributed by atoms with van der Waals surface area (Å²) in [4.78, 5) is 0.430. The van der Waals surface area contributed by atoms with Crippen molar-refractivity contribution in [2.24, 2.45) is 5.92 Å². The maximum absolute atomic E-state index is 13.2. The molecule has 1 aliphatic rings. The van der Waals surface area contributed by atoms with E-state index in [1.54, 1.807) is 12.1 Å². The summed E-state index contributed by atoms with van der Waals surface area (Å²) >= 11 is 3.78. The minimum Gasteiger partial charge on any atom is -0.207 e. The highest BCUT2D eigenvalue weighted by molar-refractivity contribution is 9.09. The van der Waals surface area contributed by atoms with Crippen LogP contribution in [-0.2, 0) is 6.42 Å². The molecule has 2 heteroatoms. The first-order valence-corrected chi connectivity index (χ1v) is 7.59. The Morgan fingerprint density at radius 2 is 1.89 bits per heavy atom. The van der Waals surface area contributed by atoms with Gasteiger partial charge >= 0.3 is 0 Å². The molecule has 0 aromatic heterocycles. The number of hydrogen-bond donors (Lipinski definition) is 0. The van der Waals surface area contributed by atoms with Crippen LogP contribution in [0.15, 0.2) is 54.6 Å². The standard InChI is InChI=1S/C17H16BrF/c18-17(10-12-5-4-8-14(19)9-12)16-11-15(16)13-6-2-1-3-7-13/h1-9,15-17H,10-11H2. The van der Waals surface area contributed by atoms with Gasteiger partial charge in [-0.3, -0.25) is 0 Å². The highest BCUT2D eigenvalue weighted by atomic mass is 79.9. The lowest BCUT2D eigenvalue weighted by molar-refractivity contribution is 0.623. The molecule has 1 saturated carbocycles. The van der Waals surface area contributed by atoms with Gasteiger partial charge in [-0.05, 0) is 47.9 Å². The van der Waals surface area contributed by atoms with Gasteiger partial charge < -0.3 is 0 Å². The quantitative estimate of drug-likeness (QED) is 0.701. The van der Waals surface area contributed by atoms with Gasteiger partial charge in [0.2, 0.25) is 0 Å². The Labute approximate surface area is 121 Å². The molecule has 0 nitrogen and oxygen atoms in total. The number of halogens is 2. The lowest BCUT2D eigenvalue weighted by Crippen LogP contribution is -2.06. The summed E-state index contributed by atoms with van der Waals surface area (Å²) in [6.07, 6.45) is 2.13. The van der Waals surface area contributed by atoms with Crippen LogP contribution in [0.3, 0.4) is 0 Å². The van der Waals surface area contributed by atoms with Crippen molar-refractivity contribution in [3.05, 3.63) is 71.5 Å². The van der Waals surface area contributed by atoms with E-state index in [2.05, 4.69) is 46.3 Å². The predicted octanol–water partition coefficient (Wildman–Crippen LogP) is 4.94. The van der Waals surface area contributed by atoms with Crippen molar-refractivity contribution in [3.8, 4) is 0 Å². The van der Waals surface area contributed by atoms with E-state index in [1.807, 2.05) is 6.07 Å². The van der Waals surface area contributed by atoms with Gasteiger partial charge in [-0.1, -0.05) is 58.4 Å². The zero-order valence-electron chi connectivity index (χ0n) is 10.6. The summed E-state index contributed by atoms with van der Waals surface area (Å²) < 4.78 is 13.2. The smallest absolute Gasteiger partial charge is 0.123 e. The summed E-state index contributed by atoms with van der Waals surface area (Å²) in [5.74, 6) is 1.19. The van der Waals surface area contributed by atoms with Crippen molar-refractivity contribution >= 4 is 15.9 Å². The highest BCUT2D eigenvalue weighted by Gasteiger charge is 2.42. The van der Waals surface area contributed by atoms with Gasteiger partial charge in [0.25, 0.3) is 0 Å². The molecule has 3 unspecified atom stereocenters. The van der Waals surface area contributed by atoms with Gasteiger partial charge in [-0.25, -0.2) is 4.39 Å². The average Bonchev–Trinajstić information content (AvgIpc) is 3.20. The third kappa shape index (κ3) is 3.06. The summed E-state index contributed by atoms with van der Waals surface area (Å²) in [6.45, 7) is 0. The van der Waals surface area contributed by atoms with E-state index in [4.69, 9.17) is 0 Å². The first-order valence-electron chi connectivity index (χ1n) is 6.67. The van der Waals surface area contributed by atoms with E-state index < -0.39 is 0 Å². The van der Waals surface area contributed by atoms with Crippen LogP contribution in [0.25, 0.3) is 0 Å².